The van der Waals surface area contributed by atoms with E-state index in [1.54, 1.807) is 53.4 Å². The number of carbonyl (C=O) groups excluding carboxylic acids is 2. The highest BCUT2D eigenvalue weighted by molar-refractivity contribution is 7.92. The van der Waals surface area contributed by atoms with Crippen molar-refractivity contribution in [1.29, 1.82) is 0 Å². The molecule has 1 N–H and O–H groups in total. The van der Waals surface area contributed by atoms with Crippen LogP contribution in [0.1, 0.15) is 15.9 Å². The number of anilines is 2. The van der Waals surface area contributed by atoms with E-state index < -0.39 is 21.5 Å². The molecule has 0 aliphatic carbocycles. The average molecular weight is 512 g/mol. The van der Waals surface area contributed by atoms with E-state index in [2.05, 4.69) is 10.2 Å². The van der Waals surface area contributed by atoms with Gasteiger partial charge in [0.25, 0.3) is 5.91 Å². The number of halogens is 1. The maximum atomic E-state index is 12.8. The molecular weight excluding hydrogens is 486 g/mol. The SMILES string of the molecule is Cc1ccc(S(=O)(=O)CC(=O)Nc2ccc(N3CCN(C(=O)c4ccccc4Cl)CC3)cc2)cc1. The number of benzene rings is 3. The maximum absolute atomic E-state index is 12.8. The molecule has 4 rings (SSSR count). The zero-order valence-corrected chi connectivity index (χ0v) is 20.8. The van der Waals surface area contributed by atoms with Crippen LogP contribution in [0.3, 0.4) is 0 Å². The molecule has 0 unspecified atom stereocenters. The van der Waals surface area contributed by atoms with Gasteiger partial charge in [0, 0.05) is 37.6 Å². The Kier molecular flexibility index (Phi) is 7.42. The third-order valence-electron chi connectivity index (χ3n) is 5.89. The van der Waals surface area contributed by atoms with Crippen LogP contribution in [-0.4, -0.2) is 57.1 Å². The summed E-state index contributed by atoms with van der Waals surface area (Å²) in [5.41, 5.74) is 2.93. The molecule has 35 heavy (non-hydrogen) atoms. The summed E-state index contributed by atoms with van der Waals surface area (Å²) in [6, 6.07) is 20.7. The third kappa shape index (κ3) is 6.01. The second kappa shape index (κ2) is 10.5. The van der Waals surface area contributed by atoms with Gasteiger partial charge in [-0.2, -0.15) is 0 Å². The molecule has 0 saturated carbocycles. The van der Waals surface area contributed by atoms with Crippen molar-refractivity contribution >= 4 is 44.6 Å². The van der Waals surface area contributed by atoms with E-state index in [4.69, 9.17) is 11.6 Å². The van der Waals surface area contributed by atoms with Crippen molar-refractivity contribution in [2.75, 3.05) is 42.1 Å². The zero-order chi connectivity index (χ0) is 25.0. The summed E-state index contributed by atoms with van der Waals surface area (Å²) in [4.78, 5) is 29.2. The number of rotatable bonds is 6. The van der Waals surface area contributed by atoms with Gasteiger partial charge >= 0.3 is 0 Å². The summed E-state index contributed by atoms with van der Waals surface area (Å²) in [6.07, 6.45) is 0. The molecule has 3 aromatic carbocycles. The first kappa shape index (κ1) is 24.8. The van der Waals surface area contributed by atoms with E-state index in [0.29, 0.717) is 42.5 Å². The number of nitrogens with zero attached hydrogens (tertiary/aromatic N) is 2. The van der Waals surface area contributed by atoms with Gasteiger partial charge < -0.3 is 15.1 Å². The smallest absolute Gasteiger partial charge is 0.255 e. The number of sulfone groups is 1. The topological polar surface area (TPSA) is 86.8 Å². The molecule has 9 heteroatoms. The largest absolute Gasteiger partial charge is 0.368 e. The lowest BCUT2D eigenvalue weighted by molar-refractivity contribution is -0.113. The monoisotopic (exact) mass is 511 g/mol. The second-order valence-electron chi connectivity index (χ2n) is 8.43. The number of amides is 2. The van der Waals surface area contributed by atoms with Crippen LogP contribution in [0.2, 0.25) is 5.02 Å². The van der Waals surface area contributed by atoms with Gasteiger partial charge in [-0.1, -0.05) is 41.4 Å². The minimum atomic E-state index is -3.72. The number of carbonyl (C=O) groups is 2. The van der Waals surface area contributed by atoms with Crippen molar-refractivity contribution in [1.82, 2.24) is 4.90 Å². The molecule has 1 heterocycles. The van der Waals surface area contributed by atoms with E-state index in [1.807, 2.05) is 19.1 Å². The van der Waals surface area contributed by atoms with Crippen molar-refractivity contribution in [2.45, 2.75) is 11.8 Å². The summed E-state index contributed by atoms with van der Waals surface area (Å²) in [5, 5.41) is 3.10. The number of hydrogen-bond donors (Lipinski definition) is 1. The van der Waals surface area contributed by atoms with Gasteiger partial charge in [-0.05, 0) is 55.5 Å². The van der Waals surface area contributed by atoms with Crippen molar-refractivity contribution in [3.05, 3.63) is 88.9 Å². The molecule has 0 bridgehead atoms. The average Bonchev–Trinajstić information content (AvgIpc) is 2.84. The summed E-state index contributed by atoms with van der Waals surface area (Å²) < 4.78 is 25.0. The lowest BCUT2D eigenvalue weighted by Gasteiger charge is -2.36. The lowest BCUT2D eigenvalue weighted by Crippen LogP contribution is -2.48. The molecular formula is C26H26ClN3O4S. The van der Waals surface area contributed by atoms with Crippen molar-refractivity contribution in [2.24, 2.45) is 0 Å². The Morgan fingerprint density at radius 3 is 2.14 bits per heavy atom. The Labute approximate surface area is 210 Å². The highest BCUT2D eigenvalue weighted by Crippen LogP contribution is 2.22. The van der Waals surface area contributed by atoms with E-state index in [-0.39, 0.29) is 10.8 Å². The molecule has 1 saturated heterocycles. The highest BCUT2D eigenvalue weighted by atomic mass is 35.5. The van der Waals surface area contributed by atoms with Gasteiger partial charge in [0.2, 0.25) is 5.91 Å². The highest BCUT2D eigenvalue weighted by Gasteiger charge is 2.24. The molecule has 0 atom stereocenters. The number of nitrogens with one attached hydrogen (secondary N) is 1. The molecule has 0 aromatic heterocycles. The quantitative estimate of drug-likeness (QED) is 0.540. The first-order valence-electron chi connectivity index (χ1n) is 11.2. The lowest BCUT2D eigenvalue weighted by atomic mass is 10.1. The standard InChI is InChI=1S/C26H26ClN3O4S/c1-19-6-12-22(13-7-19)35(33,34)18-25(31)28-20-8-10-21(11-9-20)29-14-16-30(17-15-29)26(32)23-4-2-3-5-24(23)27/h2-13H,14-18H2,1H3,(H,28,31). The van der Waals surface area contributed by atoms with Gasteiger partial charge in [-0.25, -0.2) is 8.42 Å². The van der Waals surface area contributed by atoms with Crippen LogP contribution >= 0.6 is 11.6 Å². The fourth-order valence-corrected chi connectivity index (χ4v) is 5.28. The number of aryl methyl sites for hydroxylation is 1. The van der Waals surface area contributed by atoms with Gasteiger partial charge in [0.15, 0.2) is 9.84 Å². The zero-order valence-electron chi connectivity index (χ0n) is 19.3. The Morgan fingerprint density at radius 2 is 1.51 bits per heavy atom. The van der Waals surface area contributed by atoms with E-state index in [0.717, 1.165) is 11.3 Å². The Bertz CT molecular complexity index is 1320. The number of hydrogen-bond acceptors (Lipinski definition) is 5. The van der Waals surface area contributed by atoms with Gasteiger partial charge in [0.1, 0.15) is 5.75 Å². The Hall–Kier alpha value is -3.36. The van der Waals surface area contributed by atoms with Gasteiger partial charge in [-0.3, -0.25) is 9.59 Å². The molecule has 3 aromatic rings. The summed E-state index contributed by atoms with van der Waals surface area (Å²) in [6.45, 7) is 4.33. The van der Waals surface area contributed by atoms with Gasteiger partial charge in [-0.15, -0.1) is 0 Å². The predicted molar refractivity (Wildman–Crippen MR) is 138 cm³/mol. The van der Waals surface area contributed by atoms with E-state index >= 15 is 0 Å². The summed E-state index contributed by atoms with van der Waals surface area (Å²) in [7, 11) is -3.72. The summed E-state index contributed by atoms with van der Waals surface area (Å²) >= 11 is 6.16. The summed E-state index contributed by atoms with van der Waals surface area (Å²) in [5.74, 6) is -1.29. The van der Waals surface area contributed by atoms with E-state index in [9.17, 15) is 18.0 Å². The molecule has 1 aliphatic heterocycles. The van der Waals surface area contributed by atoms with Crippen molar-refractivity contribution < 1.29 is 18.0 Å². The van der Waals surface area contributed by atoms with E-state index in [1.165, 1.54) is 12.1 Å². The molecule has 182 valence electrons. The molecule has 7 nitrogen and oxygen atoms in total. The Morgan fingerprint density at radius 1 is 0.886 bits per heavy atom. The molecule has 0 radical (unpaired) electrons. The van der Waals surface area contributed by atoms with Gasteiger partial charge in [0.05, 0.1) is 15.5 Å². The molecule has 2 amide bonds. The first-order chi connectivity index (χ1) is 16.7. The molecule has 1 fully saturated rings. The predicted octanol–water partition coefficient (Wildman–Crippen LogP) is 4.02. The fraction of sp³-hybridized carbons (Fsp3) is 0.231. The third-order valence-corrected chi connectivity index (χ3v) is 7.85. The fourth-order valence-electron chi connectivity index (χ4n) is 3.93. The van der Waals surface area contributed by atoms with Crippen LogP contribution in [0.15, 0.2) is 77.7 Å². The Balaban J connectivity index is 1.31. The van der Waals surface area contributed by atoms with Crippen molar-refractivity contribution in [3.8, 4) is 0 Å². The van der Waals surface area contributed by atoms with Crippen LogP contribution in [-0.2, 0) is 14.6 Å². The van der Waals surface area contributed by atoms with Crippen molar-refractivity contribution in [3.63, 3.8) is 0 Å². The second-order valence-corrected chi connectivity index (χ2v) is 10.8. The normalized spacial score (nSPS) is 14.0. The first-order valence-corrected chi connectivity index (χ1v) is 13.2. The number of piperazine rings is 1. The molecule has 0 spiro atoms. The van der Waals surface area contributed by atoms with Crippen LogP contribution in [0, 0.1) is 6.92 Å². The minimum absolute atomic E-state index is 0.0751. The van der Waals surface area contributed by atoms with Crippen LogP contribution in [0.4, 0.5) is 11.4 Å². The maximum Gasteiger partial charge on any atom is 0.255 e. The van der Waals surface area contributed by atoms with Crippen LogP contribution < -0.4 is 10.2 Å². The molecule has 1 aliphatic rings. The van der Waals surface area contributed by atoms with Crippen LogP contribution in [0.5, 0.6) is 0 Å². The minimum Gasteiger partial charge on any atom is -0.368 e. The van der Waals surface area contributed by atoms with Crippen LogP contribution in [0.25, 0.3) is 0 Å².